The fourth-order valence-electron chi connectivity index (χ4n) is 3.05. The van der Waals surface area contributed by atoms with E-state index in [9.17, 15) is 4.79 Å². The third-order valence-electron chi connectivity index (χ3n) is 4.42. The van der Waals surface area contributed by atoms with Crippen LogP contribution in [0.1, 0.15) is 16.7 Å². The molecular weight excluding hydrogens is 390 g/mol. The smallest absolute Gasteiger partial charge is 0.227 e. The highest BCUT2D eigenvalue weighted by molar-refractivity contribution is 8.00. The van der Waals surface area contributed by atoms with Crippen LogP contribution in [0.5, 0.6) is 11.6 Å². The van der Waals surface area contributed by atoms with E-state index in [0.717, 1.165) is 27.5 Å². The summed E-state index contributed by atoms with van der Waals surface area (Å²) in [7, 11) is 0. The molecular formula is C21H19N3O2S2. The van der Waals surface area contributed by atoms with Gasteiger partial charge in [0.25, 0.3) is 0 Å². The minimum absolute atomic E-state index is 0.162. The minimum atomic E-state index is -0.379. The molecule has 1 amide bonds. The molecule has 0 unspecified atom stereocenters. The number of hydrogen-bond acceptors (Lipinski definition) is 6. The van der Waals surface area contributed by atoms with Crippen molar-refractivity contribution in [1.82, 2.24) is 9.97 Å². The van der Waals surface area contributed by atoms with Gasteiger partial charge in [-0.1, -0.05) is 41.6 Å². The van der Waals surface area contributed by atoms with E-state index in [1.54, 1.807) is 11.8 Å². The average molecular weight is 410 g/mol. The number of rotatable bonds is 5. The largest absolute Gasteiger partial charge is 0.438 e. The van der Waals surface area contributed by atoms with Crippen molar-refractivity contribution in [3.05, 3.63) is 59.2 Å². The fraction of sp³-hybridized carbons (Fsp3) is 0.190. The van der Waals surface area contributed by atoms with Crippen LogP contribution in [0.15, 0.2) is 52.4 Å². The lowest BCUT2D eigenvalue weighted by molar-refractivity contribution is -0.115. The molecule has 5 nitrogen and oxygen atoms in total. The van der Waals surface area contributed by atoms with Crippen LogP contribution in [0.4, 0.5) is 0 Å². The number of fused-ring (bicyclic) bond motifs is 2. The highest BCUT2D eigenvalue weighted by Gasteiger charge is 2.24. The van der Waals surface area contributed by atoms with Crippen LogP contribution >= 0.6 is 23.5 Å². The summed E-state index contributed by atoms with van der Waals surface area (Å²) in [5.74, 6) is 1.72. The third kappa shape index (κ3) is 3.86. The summed E-state index contributed by atoms with van der Waals surface area (Å²) in [6.07, 6.45) is 2.70. The number of hydrogen-bond donors (Lipinski definition) is 1. The van der Waals surface area contributed by atoms with Crippen LogP contribution in [0.25, 0.3) is 11.4 Å². The minimum Gasteiger partial charge on any atom is -0.438 e. The van der Waals surface area contributed by atoms with Crippen LogP contribution in [0.3, 0.4) is 0 Å². The number of ether oxygens (including phenoxy) is 1. The Hall–Kier alpha value is -2.51. The Balaban J connectivity index is 1.78. The number of carbonyl (C=O) groups is 1. The van der Waals surface area contributed by atoms with Gasteiger partial charge in [0.1, 0.15) is 10.8 Å². The molecule has 1 aliphatic rings. The summed E-state index contributed by atoms with van der Waals surface area (Å²) >= 11 is 3.01. The van der Waals surface area contributed by atoms with Gasteiger partial charge < -0.3 is 10.5 Å². The van der Waals surface area contributed by atoms with Crippen molar-refractivity contribution in [2.24, 2.45) is 5.73 Å². The van der Waals surface area contributed by atoms with E-state index in [0.29, 0.717) is 18.1 Å². The molecule has 0 aliphatic carbocycles. The van der Waals surface area contributed by atoms with Crippen molar-refractivity contribution in [1.29, 1.82) is 0 Å². The Morgan fingerprint density at radius 3 is 2.68 bits per heavy atom. The lowest BCUT2D eigenvalue weighted by atomic mass is 10.0. The van der Waals surface area contributed by atoms with Gasteiger partial charge in [-0.05, 0) is 36.9 Å². The van der Waals surface area contributed by atoms with Crippen molar-refractivity contribution >= 4 is 29.4 Å². The van der Waals surface area contributed by atoms with Crippen molar-refractivity contribution in [2.45, 2.75) is 23.3 Å². The monoisotopic (exact) mass is 409 g/mol. The lowest BCUT2D eigenvalue weighted by Gasteiger charge is -2.22. The highest BCUT2D eigenvalue weighted by atomic mass is 32.2. The molecule has 1 aliphatic heterocycles. The molecule has 0 saturated heterocycles. The summed E-state index contributed by atoms with van der Waals surface area (Å²) in [5.41, 5.74) is 9.42. The Kier molecular flexibility index (Phi) is 5.28. The first-order chi connectivity index (χ1) is 13.5. The van der Waals surface area contributed by atoms with Gasteiger partial charge in [-0.3, -0.25) is 4.79 Å². The Labute approximate surface area is 172 Å². The molecule has 28 heavy (non-hydrogen) atoms. The molecule has 0 saturated carbocycles. The van der Waals surface area contributed by atoms with Gasteiger partial charge in [-0.2, -0.15) is 4.98 Å². The van der Waals surface area contributed by atoms with Crippen molar-refractivity contribution in [3.8, 4) is 23.0 Å². The van der Waals surface area contributed by atoms with Crippen LogP contribution in [0.2, 0.25) is 0 Å². The number of benzene rings is 2. The van der Waals surface area contributed by atoms with E-state index in [-0.39, 0.29) is 11.7 Å². The third-order valence-corrected chi connectivity index (χ3v) is 6.20. The molecule has 2 N–H and O–H groups in total. The quantitative estimate of drug-likeness (QED) is 0.388. The summed E-state index contributed by atoms with van der Waals surface area (Å²) in [6.45, 7) is 2.05. The first kappa shape index (κ1) is 18.8. The fourth-order valence-corrected chi connectivity index (χ4v) is 4.22. The number of amides is 1. The molecule has 0 spiro atoms. The van der Waals surface area contributed by atoms with E-state index in [4.69, 9.17) is 15.5 Å². The molecule has 2 heterocycles. The second-order valence-electron chi connectivity index (χ2n) is 6.51. The molecule has 0 atom stereocenters. The molecule has 1 aromatic heterocycles. The topological polar surface area (TPSA) is 78.1 Å². The molecule has 0 fully saturated rings. The summed E-state index contributed by atoms with van der Waals surface area (Å²) in [5, 5.41) is 0.736. The van der Waals surface area contributed by atoms with Gasteiger partial charge in [-0.25, -0.2) is 4.98 Å². The number of aromatic nitrogens is 2. The molecule has 0 radical (unpaired) electrons. The van der Waals surface area contributed by atoms with Crippen molar-refractivity contribution < 1.29 is 9.53 Å². The Morgan fingerprint density at radius 2 is 1.96 bits per heavy atom. The van der Waals surface area contributed by atoms with Crippen LogP contribution < -0.4 is 10.5 Å². The lowest BCUT2D eigenvalue weighted by Crippen LogP contribution is -2.14. The predicted octanol–water partition coefficient (Wildman–Crippen LogP) is 4.45. The zero-order chi connectivity index (χ0) is 19.7. The molecule has 7 heteroatoms. The van der Waals surface area contributed by atoms with Gasteiger partial charge in [0.15, 0.2) is 5.82 Å². The van der Waals surface area contributed by atoms with E-state index in [1.165, 1.54) is 22.2 Å². The summed E-state index contributed by atoms with van der Waals surface area (Å²) in [6, 6.07) is 14.2. The highest BCUT2D eigenvalue weighted by Crippen LogP contribution is 2.40. The first-order valence-corrected chi connectivity index (χ1v) is 11.0. The van der Waals surface area contributed by atoms with Crippen LogP contribution in [-0.2, 0) is 11.2 Å². The second kappa shape index (κ2) is 7.85. The number of primary amides is 1. The first-order valence-electron chi connectivity index (χ1n) is 8.77. The van der Waals surface area contributed by atoms with Gasteiger partial charge >= 0.3 is 0 Å². The zero-order valence-electron chi connectivity index (χ0n) is 15.6. The van der Waals surface area contributed by atoms with Gasteiger partial charge in [0.05, 0.1) is 11.3 Å². The standard InChI is InChI=1S/C21H19N3O2S2/c1-12-3-8-17-14(9-12)10-16-20(26-17)23-19(24-21(16)28-11-18(22)25)13-4-6-15(27-2)7-5-13/h3-9H,10-11H2,1-2H3,(H2,22,25). The summed E-state index contributed by atoms with van der Waals surface area (Å²) in [4.78, 5) is 21.9. The number of carbonyl (C=O) groups excluding carboxylic acids is 1. The van der Waals surface area contributed by atoms with E-state index in [1.807, 2.05) is 42.7 Å². The molecule has 2 aromatic carbocycles. The maximum Gasteiger partial charge on any atom is 0.227 e. The van der Waals surface area contributed by atoms with Gasteiger partial charge in [-0.15, -0.1) is 11.8 Å². The number of aryl methyl sites for hydroxylation is 1. The van der Waals surface area contributed by atoms with E-state index < -0.39 is 0 Å². The Morgan fingerprint density at radius 1 is 1.18 bits per heavy atom. The maximum atomic E-state index is 11.3. The predicted molar refractivity (Wildman–Crippen MR) is 113 cm³/mol. The molecule has 4 rings (SSSR count). The normalized spacial score (nSPS) is 12.1. The number of thioether (sulfide) groups is 2. The average Bonchev–Trinajstić information content (AvgIpc) is 2.70. The number of nitrogens with zero attached hydrogens (tertiary/aromatic N) is 2. The SMILES string of the molecule is CSc1ccc(-c2nc3c(c(SCC(N)=O)n2)Cc2cc(C)ccc2O3)cc1. The molecule has 142 valence electrons. The molecule has 3 aromatic rings. The van der Waals surface area contributed by atoms with Crippen LogP contribution in [-0.4, -0.2) is 27.9 Å². The van der Waals surface area contributed by atoms with Gasteiger partial charge in [0, 0.05) is 16.9 Å². The molecule has 0 bridgehead atoms. The van der Waals surface area contributed by atoms with E-state index >= 15 is 0 Å². The maximum absolute atomic E-state index is 11.3. The summed E-state index contributed by atoms with van der Waals surface area (Å²) < 4.78 is 6.10. The van der Waals surface area contributed by atoms with Crippen molar-refractivity contribution in [3.63, 3.8) is 0 Å². The van der Waals surface area contributed by atoms with Gasteiger partial charge in [0.2, 0.25) is 11.8 Å². The zero-order valence-corrected chi connectivity index (χ0v) is 17.2. The number of nitrogens with two attached hydrogens (primary N) is 1. The second-order valence-corrected chi connectivity index (χ2v) is 8.35. The van der Waals surface area contributed by atoms with Crippen molar-refractivity contribution in [2.75, 3.05) is 12.0 Å². The van der Waals surface area contributed by atoms with E-state index in [2.05, 4.69) is 18.0 Å². The Bertz CT molecular complexity index is 1050. The van der Waals surface area contributed by atoms with Crippen LogP contribution in [0, 0.1) is 6.92 Å².